The molecule has 0 radical (unpaired) electrons. The van der Waals surface area contributed by atoms with E-state index in [1.807, 2.05) is 19.7 Å². The van der Waals surface area contributed by atoms with Gasteiger partial charge in [0.15, 0.2) is 20.4 Å². The first kappa shape index (κ1) is 20.9. The van der Waals surface area contributed by atoms with Crippen molar-refractivity contribution in [1.82, 2.24) is 4.90 Å². The molecule has 9 heteroatoms. The van der Waals surface area contributed by atoms with Gasteiger partial charge in [-0.3, -0.25) is 14.5 Å². The highest BCUT2D eigenvalue weighted by atomic mass is 31.2. The van der Waals surface area contributed by atoms with Crippen molar-refractivity contribution in [3.8, 4) is 6.07 Å². The average molecular weight is 384 g/mol. The van der Waals surface area contributed by atoms with Crippen LogP contribution >= 0.6 is 8.38 Å². The molecule has 1 saturated heterocycles. The van der Waals surface area contributed by atoms with Crippen LogP contribution in [0.3, 0.4) is 0 Å². The van der Waals surface area contributed by atoms with Crippen LogP contribution in [-0.2, 0) is 28.1 Å². The molecule has 0 aromatic carbocycles. The molecule has 2 rings (SSSR count). The molecule has 26 heavy (non-hydrogen) atoms. The number of carbonyl (C=O) groups excluding carboxylic acids is 2. The molecule has 8 nitrogen and oxygen atoms in total. The summed E-state index contributed by atoms with van der Waals surface area (Å²) < 4.78 is 23.2. The summed E-state index contributed by atoms with van der Waals surface area (Å²) in [5, 5.41) is 8.60. The van der Waals surface area contributed by atoms with Gasteiger partial charge < -0.3 is 18.5 Å². The second-order valence-electron chi connectivity index (χ2n) is 6.14. The van der Waals surface area contributed by atoms with E-state index < -0.39 is 26.8 Å². The third-order valence-corrected chi connectivity index (χ3v) is 5.45. The van der Waals surface area contributed by atoms with Crippen LogP contribution < -0.4 is 0 Å². The molecular weight excluding hydrogens is 359 g/mol. The lowest BCUT2D eigenvalue weighted by atomic mass is 10.0. The highest BCUT2D eigenvalue weighted by Gasteiger charge is 2.50. The lowest BCUT2D eigenvalue weighted by molar-refractivity contribution is -0.149. The highest BCUT2D eigenvalue weighted by Crippen LogP contribution is 2.42. The van der Waals surface area contributed by atoms with Gasteiger partial charge in [0.2, 0.25) is 5.91 Å². The SMILES string of the molecule is CC[C@H]1O[C@@H](N2C=C(C)C(=O)CC2=O)[C@H](OC)[C@H]1OP(C)OCCC#N. The lowest BCUT2D eigenvalue weighted by Crippen LogP contribution is -2.47. The van der Waals surface area contributed by atoms with Crippen molar-refractivity contribution in [2.24, 2.45) is 0 Å². The molecule has 0 aromatic rings. The van der Waals surface area contributed by atoms with Gasteiger partial charge in [0, 0.05) is 25.5 Å². The topological polar surface area (TPSA) is 98.1 Å². The van der Waals surface area contributed by atoms with E-state index in [0.29, 0.717) is 25.0 Å². The molecule has 1 fully saturated rings. The minimum absolute atomic E-state index is 0.168. The van der Waals surface area contributed by atoms with E-state index in [1.54, 1.807) is 14.0 Å². The summed E-state index contributed by atoms with van der Waals surface area (Å²) in [5.41, 5.74) is 0.512. The molecule has 2 heterocycles. The Bertz CT molecular complexity index is 605. The number of nitrogens with zero attached hydrogens (tertiary/aromatic N) is 2. The predicted octanol–water partition coefficient (Wildman–Crippen LogP) is 2.10. The van der Waals surface area contributed by atoms with E-state index in [2.05, 4.69) is 0 Å². The van der Waals surface area contributed by atoms with E-state index in [9.17, 15) is 9.59 Å². The quantitative estimate of drug-likeness (QED) is 0.359. The molecule has 144 valence electrons. The van der Waals surface area contributed by atoms with Gasteiger partial charge >= 0.3 is 0 Å². The molecule has 5 atom stereocenters. The highest BCUT2D eigenvalue weighted by molar-refractivity contribution is 7.46. The predicted molar refractivity (Wildman–Crippen MR) is 93.9 cm³/mol. The molecule has 1 unspecified atom stereocenters. The first-order valence-electron chi connectivity index (χ1n) is 8.54. The Labute approximate surface area is 154 Å². The smallest absolute Gasteiger partial charge is 0.236 e. The van der Waals surface area contributed by atoms with Crippen molar-refractivity contribution in [3.63, 3.8) is 0 Å². The van der Waals surface area contributed by atoms with Crippen LogP contribution in [-0.4, -0.2) is 61.5 Å². The Kier molecular flexibility index (Phi) is 7.69. The summed E-state index contributed by atoms with van der Waals surface area (Å²) in [5.74, 6) is -0.492. The average Bonchev–Trinajstić information content (AvgIpc) is 2.95. The first-order valence-corrected chi connectivity index (χ1v) is 10.2. The summed E-state index contributed by atoms with van der Waals surface area (Å²) in [6, 6.07) is 2.02. The molecular formula is C17H25N2O6P. The fourth-order valence-corrected chi connectivity index (χ4v) is 4.00. The van der Waals surface area contributed by atoms with E-state index in [4.69, 9.17) is 23.8 Å². The van der Waals surface area contributed by atoms with E-state index in [-0.39, 0.29) is 24.2 Å². The number of hydrogen-bond acceptors (Lipinski definition) is 7. The summed E-state index contributed by atoms with van der Waals surface area (Å²) >= 11 is 0. The fourth-order valence-electron chi connectivity index (χ4n) is 3.00. The Morgan fingerprint density at radius 2 is 2.15 bits per heavy atom. The third kappa shape index (κ3) is 4.67. The van der Waals surface area contributed by atoms with E-state index >= 15 is 0 Å². The van der Waals surface area contributed by atoms with Crippen molar-refractivity contribution in [3.05, 3.63) is 11.8 Å². The number of rotatable bonds is 8. The molecule has 0 bridgehead atoms. The van der Waals surface area contributed by atoms with Gasteiger partial charge in [0.05, 0.1) is 31.6 Å². The number of nitriles is 1. The molecule has 1 amide bonds. The second kappa shape index (κ2) is 9.54. The monoisotopic (exact) mass is 384 g/mol. The van der Waals surface area contributed by atoms with Crippen molar-refractivity contribution in [2.75, 3.05) is 20.4 Å². The number of amides is 1. The number of ether oxygens (including phenoxy) is 2. The van der Waals surface area contributed by atoms with Crippen molar-refractivity contribution in [2.45, 2.75) is 57.6 Å². The number of ketones is 1. The maximum absolute atomic E-state index is 12.3. The second-order valence-corrected chi connectivity index (χ2v) is 7.49. The zero-order valence-corrected chi connectivity index (χ0v) is 16.4. The minimum Gasteiger partial charge on any atom is -0.374 e. The minimum atomic E-state index is -1.22. The summed E-state index contributed by atoms with van der Waals surface area (Å²) in [6.07, 6.45) is 0.480. The van der Waals surface area contributed by atoms with Crippen LogP contribution in [0.1, 0.15) is 33.1 Å². The van der Waals surface area contributed by atoms with Gasteiger partial charge in [-0.1, -0.05) is 6.92 Å². The van der Waals surface area contributed by atoms with Crippen LogP contribution in [0, 0.1) is 11.3 Å². The third-order valence-electron chi connectivity index (χ3n) is 4.36. The van der Waals surface area contributed by atoms with Crippen LogP contribution in [0.15, 0.2) is 11.8 Å². The summed E-state index contributed by atoms with van der Waals surface area (Å²) in [7, 11) is 0.326. The van der Waals surface area contributed by atoms with Crippen molar-refractivity contribution < 1.29 is 28.1 Å². The van der Waals surface area contributed by atoms with Crippen LogP contribution in [0.2, 0.25) is 0 Å². The maximum Gasteiger partial charge on any atom is 0.236 e. The Morgan fingerprint density at radius 3 is 2.77 bits per heavy atom. The number of methoxy groups -OCH3 is 1. The molecule has 0 spiro atoms. The van der Waals surface area contributed by atoms with Gasteiger partial charge in [-0.25, -0.2) is 0 Å². The normalized spacial score (nSPS) is 30.3. The molecule has 2 aliphatic rings. The zero-order valence-electron chi connectivity index (χ0n) is 15.5. The van der Waals surface area contributed by atoms with Crippen molar-refractivity contribution in [1.29, 1.82) is 5.26 Å². The zero-order chi connectivity index (χ0) is 19.3. The number of carbonyl (C=O) groups is 2. The largest absolute Gasteiger partial charge is 0.374 e. The molecule has 0 N–H and O–H groups in total. The van der Waals surface area contributed by atoms with E-state index in [1.165, 1.54) is 11.1 Å². The van der Waals surface area contributed by atoms with Crippen LogP contribution in [0.25, 0.3) is 0 Å². The van der Waals surface area contributed by atoms with Crippen LogP contribution in [0.5, 0.6) is 0 Å². The molecule has 0 aromatic heterocycles. The van der Waals surface area contributed by atoms with Gasteiger partial charge in [-0.15, -0.1) is 0 Å². The number of allylic oxidation sites excluding steroid dienone is 1. The summed E-state index contributed by atoms with van der Waals surface area (Å²) in [6.45, 7) is 5.76. The number of Topliss-reactive ketones (excluding diaryl/α,β-unsaturated/α-hetero) is 1. The van der Waals surface area contributed by atoms with Gasteiger partial charge in [-0.2, -0.15) is 5.26 Å². The van der Waals surface area contributed by atoms with Gasteiger partial charge in [0.1, 0.15) is 12.2 Å². The Morgan fingerprint density at radius 1 is 1.42 bits per heavy atom. The molecule has 0 aliphatic carbocycles. The molecule has 2 aliphatic heterocycles. The van der Waals surface area contributed by atoms with Crippen molar-refractivity contribution >= 4 is 20.1 Å². The maximum atomic E-state index is 12.3. The van der Waals surface area contributed by atoms with Gasteiger partial charge in [-0.05, 0) is 13.3 Å². The summed E-state index contributed by atoms with van der Waals surface area (Å²) in [4.78, 5) is 25.5. The Hall–Kier alpha value is -1.36. The van der Waals surface area contributed by atoms with E-state index in [0.717, 1.165) is 0 Å². The standard InChI is InChI=1S/C17H25N2O6P/c1-5-13-15(25-26(4)23-8-6-7-18)16(22-3)17(24-13)19-10-11(2)12(20)9-14(19)21/h10,13,15-17H,5-6,8-9H2,1-4H3/t13-,15+,16-,17-,26?/m1/s1. The fraction of sp³-hybridized carbons (Fsp3) is 0.706. The number of hydrogen-bond donors (Lipinski definition) is 0. The van der Waals surface area contributed by atoms with Gasteiger partial charge in [0.25, 0.3) is 0 Å². The van der Waals surface area contributed by atoms with Crippen LogP contribution in [0.4, 0.5) is 0 Å². The lowest BCUT2D eigenvalue weighted by Gasteiger charge is -2.32. The first-order chi connectivity index (χ1) is 12.4. The Balaban J connectivity index is 2.14. The molecule has 0 saturated carbocycles.